The van der Waals surface area contributed by atoms with Gasteiger partial charge in [0.25, 0.3) is 11.7 Å². The highest BCUT2D eigenvalue weighted by molar-refractivity contribution is 6.44. The molecule has 0 aliphatic carbocycles. The van der Waals surface area contributed by atoms with Gasteiger partial charge in [-0.15, -0.1) is 0 Å². The molecule has 0 spiro atoms. The molecule has 14 nitrogen and oxygen atoms in total. The molecule has 3 unspecified atom stereocenters. The first-order valence-corrected chi connectivity index (χ1v) is 17.2. The standard InChI is InChI=1S/C35H40N6O8.C2H6.CH4/c1-35(2,3)29(40-34(47)48-20-21-9-7-14-36-18-21)33(46)41-16-8-12-25(41)31(45)39-24(17-23-13-15-37-30(23)44)27(42)28(43)32-38-19-26(49-32)22-10-5-4-6-11-22;1-2;/h4-7,9-11,14,18-19,23-25,29H,8,12-13,15-17,20H2,1-3H3,(H,37,44)(H,39,45)(H,40,47);1-2H3;1H4/t23?,24?,25?,29-;;/m1../s1. The molecule has 2 aromatic heterocycles. The summed E-state index contributed by atoms with van der Waals surface area (Å²) < 4.78 is 10.9. The number of ketones is 2. The molecule has 2 aliphatic rings. The molecule has 2 aliphatic heterocycles. The molecule has 0 saturated carbocycles. The van der Waals surface area contributed by atoms with Crippen molar-refractivity contribution in [2.75, 3.05) is 13.1 Å². The van der Waals surface area contributed by atoms with E-state index in [1.807, 2.05) is 19.9 Å². The molecule has 0 bridgehead atoms. The average Bonchev–Trinajstić information content (AvgIpc) is 3.92. The highest BCUT2D eigenvalue weighted by Crippen LogP contribution is 2.27. The van der Waals surface area contributed by atoms with E-state index in [2.05, 4.69) is 25.9 Å². The van der Waals surface area contributed by atoms with Crippen LogP contribution >= 0.6 is 0 Å². The number of likely N-dealkylation sites (tertiary alicyclic amines) is 1. The first-order chi connectivity index (χ1) is 24.4. The molecule has 4 atom stereocenters. The number of nitrogens with one attached hydrogen (secondary N) is 3. The van der Waals surface area contributed by atoms with E-state index in [-0.39, 0.29) is 38.7 Å². The smallest absolute Gasteiger partial charge is 0.408 e. The minimum absolute atomic E-state index is 0. The Labute approximate surface area is 304 Å². The highest BCUT2D eigenvalue weighted by atomic mass is 16.5. The van der Waals surface area contributed by atoms with Crippen LogP contribution < -0.4 is 16.0 Å². The Bertz CT molecular complexity index is 1690. The first-order valence-electron chi connectivity index (χ1n) is 17.2. The molecule has 4 amide bonds. The molecule has 3 aromatic rings. The molecular formula is C38H50N6O8. The minimum atomic E-state index is -1.38. The summed E-state index contributed by atoms with van der Waals surface area (Å²) in [5.74, 6) is -4.23. The fraction of sp³-hybridized carbons (Fsp3) is 0.474. The van der Waals surface area contributed by atoms with Crippen molar-refractivity contribution in [1.29, 1.82) is 0 Å². The van der Waals surface area contributed by atoms with Gasteiger partial charge in [-0.05, 0) is 37.2 Å². The number of alkyl carbamates (subject to hydrolysis) is 1. The Morgan fingerprint density at radius 2 is 1.75 bits per heavy atom. The summed E-state index contributed by atoms with van der Waals surface area (Å²) in [7, 11) is 0. The Kier molecular flexibility index (Phi) is 14.8. The summed E-state index contributed by atoms with van der Waals surface area (Å²) in [4.78, 5) is 89.3. The van der Waals surface area contributed by atoms with E-state index in [9.17, 15) is 28.8 Å². The fourth-order valence-corrected chi connectivity index (χ4v) is 5.94. The van der Waals surface area contributed by atoms with Gasteiger partial charge in [0.05, 0.1) is 12.2 Å². The number of ether oxygens (including phenoxy) is 1. The van der Waals surface area contributed by atoms with Crippen molar-refractivity contribution >= 4 is 35.4 Å². The molecule has 2 saturated heterocycles. The van der Waals surface area contributed by atoms with Crippen LogP contribution in [0.4, 0.5) is 4.79 Å². The maximum atomic E-state index is 13.9. The van der Waals surface area contributed by atoms with E-state index < -0.39 is 64.8 Å². The molecule has 52 heavy (non-hydrogen) atoms. The zero-order valence-electron chi connectivity index (χ0n) is 29.6. The molecule has 4 heterocycles. The van der Waals surface area contributed by atoms with Crippen LogP contribution in [0.25, 0.3) is 11.3 Å². The van der Waals surface area contributed by atoms with E-state index in [1.165, 1.54) is 11.1 Å². The summed E-state index contributed by atoms with van der Waals surface area (Å²) in [6, 6.07) is 8.96. The van der Waals surface area contributed by atoms with E-state index in [0.29, 0.717) is 36.9 Å². The molecule has 2 fully saturated rings. The summed E-state index contributed by atoms with van der Waals surface area (Å²) in [6.07, 6.45) is 4.78. The monoisotopic (exact) mass is 718 g/mol. The van der Waals surface area contributed by atoms with Crippen molar-refractivity contribution in [3.8, 4) is 11.3 Å². The lowest BCUT2D eigenvalue weighted by Crippen LogP contribution is -2.59. The third-order valence-corrected chi connectivity index (χ3v) is 8.60. The van der Waals surface area contributed by atoms with Crippen LogP contribution in [0.3, 0.4) is 0 Å². The summed E-state index contributed by atoms with van der Waals surface area (Å²) in [5, 5.41) is 8.03. The van der Waals surface area contributed by atoms with Crippen molar-refractivity contribution in [3.63, 3.8) is 0 Å². The maximum absolute atomic E-state index is 13.9. The van der Waals surface area contributed by atoms with Gasteiger partial charge in [-0.1, -0.05) is 78.4 Å². The number of hydrogen-bond acceptors (Lipinski definition) is 10. The van der Waals surface area contributed by atoms with Gasteiger partial charge in [0.15, 0.2) is 5.76 Å². The SMILES string of the molecule is C.CC.CC(C)(C)[C@H](NC(=O)OCc1cccnc1)C(=O)N1CCCC1C(=O)NC(CC1CCNC1=O)C(=O)C(=O)c1ncc(-c2ccccc2)o1. The largest absolute Gasteiger partial charge is 0.445 e. The number of benzene rings is 1. The normalized spacial score (nSPS) is 17.7. The number of carbonyl (C=O) groups excluding carboxylic acids is 6. The van der Waals surface area contributed by atoms with Crippen molar-refractivity contribution in [3.05, 3.63) is 72.5 Å². The number of rotatable bonds is 12. The van der Waals surface area contributed by atoms with Gasteiger partial charge >= 0.3 is 6.09 Å². The van der Waals surface area contributed by atoms with Crippen LogP contribution in [0.1, 0.15) is 84.0 Å². The topological polar surface area (TPSA) is 190 Å². The Hall–Kier alpha value is -5.40. The molecule has 3 N–H and O–H groups in total. The number of aromatic nitrogens is 2. The van der Waals surface area contributed by atoms with E-state index in [4.69, 9.17) is 9.15 Å². The van der Waals surface area contributed by atoms with Crippen molar-refractivity contribution < 1.29 is 37.9 Å². The number of carbonyl (C=O) groups is 6. The second-order valence-corrected chi connectivity index (χ2v) is 13.2. The van der Waals surface area contributed by atoms with Crippen LogP contribution in [0.5, 0.6) is 0 Å². The number of nitrogens with zero attached hydrogens (tertiary/aromatic N) is 3. The number of pyridine rings is 1. The van der Waals surface area contributed by atoms with Gasteiger partial charge in [-0.3, -0.25) is 29.0 Å². The second-order valence-electron chi connectivity index (χ2n) is 13.2. The molecule has 14 heteroatoms. The van der Waals surface area contributed by atoms with Crippen molar-refractivity contribution in [2.45, 2.75) is 92.5 Å². The van der Waals surface area contributed by atoms with Gasteiger partial charge < -0.3 is 30.0 Å². The molecule has 1 aromatic carbocycles. The van der Waals surface area contributed by atoms with E-state index in [0.717, 1.165) is 0 Å². The summed E-state index contributed by atoms with van der Waals surface area (Å²) in [6.45, 7) is 9.93. The van der Waals surface area contributed by atoms with Crippen LogP contribution in [-0.2, 0) is 30.5 Å². The molecule has 5 rings (SSSR count). The number of amides is 4. The van der Waals surface area contributed by atoms with Crippen molar-refractivity contribution in [2.24, 2.45) is 11.3 Å². The quantitative estimate of drug-likeness (QED) is 0.178. The van der Waals surface area contributed by atoms with Crippen LogP contribution in [-0.4, -0.2) is 81.5 Å². The lowest BCUT2D eigenvalue weighted by Gasteiger charge is -2.35. The minimum Gasteiger partial charge on any atom is -0.445 e. The van der Waals surface area contributed by atoms with Gasteiger partial charge in [0.1, 0.15) is 18.7 Å². The van der Waals surface area contributed by atoms with Gasteiger partial charge in [-0.2, -0.15) is 0 Å². The van der Waals surface area contributed by atoms with Crippen LogP contribution in [0.2, 0.25) is 0 Å². The highest BCUT2D eigenvalue weighted by Gasteiger charge is 2.44. The molecular weight excluding hydrogens is 668 g/mol. The maximum Gasteiger partial charge on any atom is 0.408 e. The van der Waals surface area contributed by atoms with E-state index in [1.54, 1.807) is 69.6 Å². The Morgan fingerprint density at radius 3 is 2.38 bits per heavy atom. The Morgan fingerprint density at radius 1 is 1.02 bits per heavy atom. The predicted molar refractivity (Wildman–Crippen MR) is 193 cm³/mol. The van der Waals surface area contributed by atoms with Crippen LogP contribution in [0.15, 0.2) is 65.5 Å². The van der Waals surface area contributed by atoms with Gasteiger partial charge in [-0.25, -0.2) is 9.78 Å². The van der Waals surface area contributed by atoms with Gasteiger partial charge in [0, 0.05) is 42.5 Å². The fourth-order valence-electron chi connectivity index (χ4n) is 5.94. The van der Waals surface area contributed by atoms with Crippen LogP contribution in [0, 0.1) is 11.3 Å². The number of oxazole rings is 1. The Balaban J connectivity index is 0.00000239. The van der Waals surface area contributed by atoms with Gasteiger partial charge in [0.2, 0.25) is 23.5 Å². The third-order valence-electron chi connectivity index (χ3n) is 8.60. The number of Topliss-reactive ketones (excluding diaryl/α,β-unsaturated/α-hetero) is 2. The third kappa shape index (κ3) is 10.3. The zero-order valence-corrected chi connectivity index (χ0v) is 29.6. The molecule has 280 valence electrons. The second kappa shape index (κ2) is 18.7. The van der Waals surface area contributed by atoms with Crippen molar-refractivity contribution in [1.82, 2.24) is 30.8 Å². The first kappa shape index (κ1) is 41.0. The summed E-state index contributed by atoms with van der Waals surface area (Å²) in [5.41, 5.74) is 0.568. The zero-order chi connectivity index (χ0) is 37.1. The molecule has 0 radical (unpaired) electrons. The average molecular weight is 719 g/mol. The summed E-state index contributed by atoms with van der Waals surface area (Å²) >= 11 is 0. The predicted octanol–water partition coefficient (Wildman–Crippen LogP) is 4.49. The number of hydrogen-bond donors (Lipinski definition) is 3. The lowest BCUT2D eigenvalue weighted by atomic mass is 9.85. The van der Waals surface area contributed by atoms with E-state index >= 15 is 0 Å². The lowest BCUT2D eigenvalue weighted by molar-refractivity contribution is -0.142.